The Labute approximate surface area is 157 Å². The summed E-state index contributed by atoms with van der Waals surface area (Å²) >= 11 is 0. The summed E-state index contributed by atoms with van der Waals surface area (Å²) in [6, 6.07) is 14.8. The Morgan fingerprint density at radius 3 is 2.59 bits per heavy atom. The van der Waals surface area contributed by atoms with E-state index in [1.165, 1.54) is 0 Å². The van der Waals surface area contributed by atoms with Gasteiger partial charge in [-0.15, -0.1) is 0 Å². The van der Waals surface area contributed by atoms with Crippen molar-refractivity contribution < 1.29 is 19.1 Å². The number of anilines is 1. The van der Waals surface area contributed by atoms with E-state index in [0.29, 0.717) is 37.6 Å². The van der Waals surface area contributed by atoms with Crippen LogP contribution in [0.1, 0.15) is 22.1 Å². The fourth-order valence-electron chi connectivity index (χ4n) is 3.18. The minimum atomic E-state index is -0.309. The summed E-state index contributed by atoms with van der Waals surface area (Å²) < 4.78 is 10.8. The molecular formula is C20H21N3O4. The third kappa shape index (κ3) is 3.88. The molecule has 7 nitrogen and oxygen atoms in total. The van der Waals surface area contributed by atoms with Gasteiger partial charge in [0.2, 0.25) is 0 Å². The van der Waals surface area contributed by atoms with Crippen LogP contribution in [0.2, 0.25) is 0 Å². The van der Waals surface area contributed by atoms with E-state index in [1.54, 1.807) is 23.1 Å². The van der Waals surface area contributed by atoms with Crippen LogP contribution < -0.4 is 15.4 Å². The molecule has 140 valence electrons. The highest BCUT2D eigenvalue weighted by Gasteiger charge is 2.24. The van der Waals surface area contributed by atoms with Crippen LogP contribution in [0.25, 0.3) is 0 Å². The van der Waals surface area contributed by atoms with Gasteiger partial charge in [-0.05, 0) is 29.8 Å². The van der Waals surface area contributed by atoms with Gasteiger partial charge >= 0.3 is 0 Å². The van der Waals surface area contributed by atoms with Crippen LogP contribution in [0.15, 0.2) is 48.5 Å². The molecule has 0 radical (unpaired) electrons. The zero-order valence-corrected chi connectivity index (χ0v) is 14.8. The predicted molar refractivity (Wildman–Crippen MR) is 99.6 cm³/mol. The van der Waals surface area contributed by atoms with Gasteiger partial charge in [0.05, 0.1) is 18.8 Å². The topological polar surface area (TPSA) is 79.9 Å². The number of carbonyl (C=O) groups is 2. The first-order valence-electron chi connectivity index (χ1n) is 8.95. The minimum Gasteiger partial charge on any atom is -0.484 e. The van der Waals surface area contributed by atoms with Crippen molar-refractivity contribution in [3.05, 3.63) is 59.7 Å². The summed E-state index contributed by atoms with van der Waals surface area (Å²) in [7, 11) is 0. The normalized spacial score (nSPS) is 18.9. The standard InChI is InChI=1S/C20H21N3O4/c24-18(23-9-11-26-12-10-23)13-27-15-7-5-14(6-8-15)19-21-17-4-2-1-3-16(17)20(25)22-19/h1-8,19,21H,9-13H2,(H,22,25)/t19-/m0/s1. The molecule has 2 N–H and O–H groups in total. The number of nitrogens with zero attached hydrogens (tertiary/aromatic N) is 1. The molecule has 0 saturated carbocycles. The molecule has 2 aromatic rings. The lowest BCUT2D eigenvalue weighted by molar-refractivity contribution is -0.137. The molecule has 4 rings (SSSR count). The van der Waals surface area contributed by atoms with Gasteiger partial charge in [-0.3, -0.25) is 9.59 Å². The van der Waals surface area contributed by atoms with Gasteiger partial charge in [-0.2, -0.15) is 0 Å². The van der Waals surface area contributed by atoms with Crippen molar-refractivity contribution in [3.8, 4) is 5.75 Å². The maximum absolute atomic E-state index is 12.2. The lowest BCUT2D eigenvalue weighted by atomic mass is 10.1. The highest BCUT2D eigenvalue weighted by atomic mass is 16.5. The molecule has 2 aliphatic rings. The van der Waals surface area contributed by atoms with Crippen LogP contribution in [0, 0.1) is 0 Å². The van der Waals surface area contributed by atoms with Crippen molar-refractivity contribution in [1.29, 1.82) is 0 Å². The van der Waals surface area contributed by atoms with E-state index < -0.39 is 0 Å². The molecule has 7 heteroatoms. The van der Waals surface area contributed by atoms with Crippen LogP contribution in [-0.4, -0.2) is 49.6 Å². The predicted octanol–water partition coefficient (Wildman–Crippen LogP) is 1.78. The number of hydrogen-bond acceptors (Lipinski definition) is 5. The van der Waals surface area contributed by atoms with Crippen molar-refractivity contribution >= 4 is 17.5 Å². The van der Waals surface area contributed by atoms with Gasteiger partial charge in [0, 0.05) is 18.8 Å². The maximum Gasteiger partial charge on any atom is 0.260 e. The number of ether oxygens (including phenoxy) is 2. The number of fused-ring (bicyclic) bond motifs is 1. The number of nitrogens with one attached hydrogen (secondary N) is 2. The molecule has 0 aliphatic carbocycles. The second-order valence-electron chi connectivity index (χ2n) is 6.45. The van der Waals surface area contributed by atoms with Crippen LogP contribution in [0.4, 0.5) is 5.69 Å². The molecule has 0 aromatic heterocycles. The second kappa shape index (κ2) is 7.67. The highest BCUT2D eigenvalue weighted by Crippen LogP contribution is 2.27. The van der Waals surface area contributed by atoms with Crippen molar-refractivity contribution in [2.75, 3.05) is 38.2 Å². The highest BCUT2D eigenvalue weighted by molar-refractivity contribution is 6.01. The zero-order chi connectivity index (χ0) is 18.6. The van der Waals surface area contributed by atoms with Crippen molar-refractivity contribution in [3.63, 3.8) is 0 Å². The van der Waals surface area contributed by atoms with E-state index >= 15 is 0 Å². The number of para-hydroxylation sites is 1. The molecule has 2 aromatic carbocycles. The number of rotatable bonds is 4. The third-order valence-corrected chi connectivity index (χ3v) is 4.69. The first-order chi connectivity index (χ1) is 13.2. The molecule has 1 fully saturated rings. The molecule has 2 aliphatic heterocycles. The summed E-state index contributed by atoms with van der Waals surface area (Å²) in [6.45, 7) is 2.36. The van der Waals surface area contributed by atoms with Gasteiger partial charge in [0.25, 0.3) is 11.8 Å². The largest absolute Gasteiger partial charge is 0.484 e. The van der Waals surface area contributed by atoms with Gasteiger partial charge in [0.15, 0.2) is 6.61 Å². The minimum absolute atomic E-state index is 0.00510. The Bertz CT molecular complexity index is 831. The lowest BCUT2D eigenvalue weighted by Crippen LogP contribution is -2.42. The smallest absolute Gasteiger partial charge is 0.260 e. The maximum atomic E-state index is 12.2. The Kier molecular flexibility index (Phi) is 4.93. The van der Waals surface area contributed by atoms with Gasteiger partial charge in [-0.25, -0.2) is 0 Å². The molecule has 0 bridgehead atoms. The first-order valence-corrected chi connectivity index (χ1v) is 8.95. The lowest BCUT2D eigenvalue weighted by Gasteiger charge is -2.28. The molecule has 1 saturated heterocycles. The van der Waals surface area contributed by atoms with Crippen molar-refractivity contribution in [2.45, 2.75) is 6.17 Å². The number of carbonyl (C=O) groups excluding carboxylic acids is 2. The van der Waals surface area contributed by atoms with Gasteiger partial charge < -0.3 is 25.0 Å². The van der Waals surface area contributed by atoms with E-state index in [9.17, 15) is 9.59 Å². The van der Waals surface area contributed by atoms with E-state index in [0.717, 1.165) is 11.3 Å². The monoisotopic (exact) mass is 367 g/mol. The Hall–Kier alpha value is -3.06. The quantitative estimate of drug-likeness (QED) is 0.861. The van der Waals surface area contributed by atoms with E-state index in [2.05, 4.69) is 10.6 Å². The second-order valence-corrected chi connectivity index (χ2v) is 6.45. The fraction of sp³-hybridized carbons (Fsp3) is 0.300. The molecule has 2 heterocycles. The van der Waals surface area contributed by atoms with Crippen LogP contribution in [0.5, 0.6) is 5.75 Å². The number of hydrogen-bond donors (Lipinski definition) is 2. The van der Waals surface area contributed by atoms with E-state index in [-0.39, 0.29) is 24.6 Å². The molecule has 0 unspecified atom stereocenters. The summed E-state index contributed by atoms with van der Waals surface area (Å²) in [6.07, 6.45) is -0.309. The summed E-state index contributed by atoms with van der Waals surface area (Å²) in [4.78, 5) is 26.1. The van der Waals surface area contributed by atoms with Gasteiger partial charge in [0.1, 0.15) is 11.9 Å². The van der Waals surface area contributed by atoms with Crippen molar-refractivity contribution in [2.24, 2.45) is 0 Å². The summed E-state index contributed by atoms with van der Waals surface area (Å²) in [5.74, 6) is 0.467. The molecule has 2 amide bonds. The average Bonchev–Trinajstić information content (AvgIpc) is 2.73. The Morgan fingerprint density at radius 1 is 1.07 bits per heavy atom. The first kappa shape index (κ1) is 17.4. The Balaban J connectivity index is 1.36. The molecule has 27 heavy (non-hydrogen) atoms. The van der Waals surface area contributed by atoms with E-state index in [1.807, 2.05) is 30.3 Å². The van der Waals surface area contributed by atoms with Crippen LogP contribution in [0.3, 0.4) is 0 Å². The number of amides is 2. The number of morpholine rings is 1. The van der Waals surface area contributed by atoms with Crippen LogP contribution in [-0.2, 0) is 9.53 Å². The molecule has 1 atom stereocenters. The van der Waals surface area contributed by atoms with Crippen molar-refractivity contribution in [1.82, 2.24) is 10.2 Å². The average molecular weight is 367 g/mol. The SMILES string of the molecule is O=C1N[C@@H](c2ccc(OCC(=O)N3CCOCC3)cc2)Nc2ccccc21. The van der Waals surface area contributed by atoms with E-state index in [4.69, 9.17) is 9.47 Å². The summed E-state index contributed by atoms with van der Waals surface area (Å²) in [5.41, 5.74) is 2.35. The Morgan fingerprint density at radius 2 is 1.81 bits per heavy atom. The zero-order valence-electron chi connectivity index (χ0n) is 14.8. The van der Waals surface area contributed by atoms with Gasteiger partial charge in [-0.1, -0.05) is 24.3 Å². The third-order valence-electron chi connectivity index (χ3n) is 4.69. The molecular weight excluding hydrogens is 346 g/mol. The number of benzene rings is 2. The molecule has 0 spiro atoms. The fourth-order valence-corrected chi connectivity index (χ4v) is 3.18. The van der Waals surface area contributed by atoms with Crippen LogP contribution >= 0.6 is 0 Å². The summed E-state index contributed by atoms with van der Waals surface area (Å²) in [5, 5.41) is 6.25.